The third-order valence-electron chi connectivity index (χ3n) is 3.35. The molecule has 0 amide bonds. The molecule has 1 fully saturated rings. The number of hydrogen-bond acceptors (Lipinski definition) is 1. The molecule has 1 nitrogen and oxygen atoms in total. The number of carbonyl (C=O) groups excluding carboxylic acids is 1. The van der Waals surface area contributed by atoms with E-state index in [2.05, 4.69) is 28.1 Å². The zero-order valence-electron chi connectivity index (χ0n) is 8.71. The molecule has 2 rings (SSSR count). The van der Waals surface area contributed by atoms with Crippen molar-refractivity contribution in [2.75, 3.05) is 5.33 Å². The second-order valence-electron chi connectivity index (χ2n) is 4.21. The normalized spacial score (nSPS) is 26.6. The molecule has 1 aliphatic rings. The van der Waals surface area contributed by atoms with Crippen LogP contribution in [0.25, 0.3) is 0 Å². The Morgan fingerprint density at radius 1 is 1.20 bits per heavy atom. The minimum Gasteiger partial charge on any atom is -0.299 e. The van der Waals surface area contributed by atoms with Crippen molar-refractivity contribution in [2.45, 2.75) is 31.1 Å². The minimum atomic E-state index is -0.250. The van der Waals surface area contributed by atoms with E-state index >= 15 is 0 Å². The Hall–Kier alpha value is -0.630. The highest BCUT2D eigenvalue weighted by Crippen LogP contribution is 2.38. The highest BCUT2D eigenvalue weighted by Gasteiger charge is 2.40. The molecule has 1 atom stereocenters. The van der Waals surface area contributed by atoms with Crippen LogP contribution in [0.5, 0.6) is 0 Å². The molecule has 1 aromatic rings. The minimum absolute atomic E-state index is 0.250. The van der Waals surface area contributed by atoms with Gasteiger partial charge in [0.15, 0.2) is 0 Å². The smallest absolute Gasteiger partial charge is 0.144 e. The molecule has 2 heteroatoms. The van der Waals surface area contributed by atoms with Crippen molar-refractivity contribution >= 4 is 21.7 Å². The van der Waals surface area contributed by atoms with Crippen LogP contribution in [-0.4, -0.2) is 11.1 Å². The Labute approximate surface area is 99.0 Å². The fourth-order valence-electron chi connectivity index (χ4n) is 2.37. The Balaban J connectivity index is 2.40. The van der Waals surface area contributed by atoms with Gasteiger partial charge in [-0.05, 0) is 18.4 Å². The molecule has 15 heavy (non-hydrogen) atoms. The summed E-state index contributed by atoms with van der Waals surface area (Å²) in [5.74, 6) is 0.400. The predicted molar refractivity (Wildman–Crippen MR) is 65.4 cm³/mol. The highest BCUT2D eigenvalue weighted by molar-refractivity contribution is 9.09. The monoisotopic (exact) mass is 266 g/mol. The maximum Gasteiger partial charge on any atom is 0.144 e. The average molecular weight is 267 g/mol. The number of Topliss-reactive ketones (excluding diaryl/α,β-unsaturated/α-hetero) is 1. The van der Waals surface area contributed by atoms with Crippen molar-refractivity contribution in [3.63, 3.8) is 0 Å². The summed E-state index contributed by atoms with van der Waals surface area (Å²) < 4.78 is 0. The SMILES string of the molecule is O=C1CCCCC1(CBr)c1ccccc1. The molecule has 1 aliphatic carbocycles. The van der Waals surface area contributed by atoms with Gasteiger partial charge >= 0.3 is 0 Å². The Kier molecular flexibility index (Phi) is 3.25. The number of halogens is 1. The van der Waals surface area contributed by atoms with Crippen molar-refractivity contribution < 1.29 is 4.79 Å². The van der Waals surface area contributed by atoms with E-state index < -0.39 is 0 Å². The molecule has 1 unspecified atom stereocenters. The van der Waals surface area contributed by atoms with Gasteiger partial charge in [-0.1, -0.05) is 52.7 Å². The van der Waals surface area contributed by atoms with Gasteiger partial charge in [-0.2, -0.15) is 0 Å². The maximum absolute atomic E-state index is 12.1. The number of ketones is 1. The molecule has 0 radical (unpaired) electrons. The molecule has 0 aromatic heterocycles. The van der Waals surface area contributed by atoms with Crippen LogP contribution in [0.2, 0.25) is 0 Å². The summed E-state index contributed by atoms with van der Waals surface area (Å²) in [5, 5.41) is 0.753. The lowest BCUT2D eigenvalue weighted by Crippen LogP contribution is -2.40. The van der Waals surface area contributed by atoms with Gasteiger partial charge < -0.3 is 0 Å². The molecule has 0 N–H and O–H groups in total. The van der Waals surface area contributed by atoms with Crippen molar-refractivity contribution in [1.29, 1.82) is 0 Å². The lowest BCUT2D eigenvalue weighted by atomic mass is 9.70. The molecular formula is C13H15BrO. The zero-order chi connectivity index (χ0) is 10.7. The van der Waals surface area contributed by atoms with E-state index in [-0.39, 0.29) is 5.41 Å². The van der Waals surface area contributed by atoms with Crippen LogP contribution in [0.15, 0.2) is 30.3 Å². The molecule has 0 saturated heterocycles. The summed E-state index contributed by atoms with van der Waals surface area (Å²) in [6.07, 6.45) is 3.94. The third kappa shape index (κ3) is 1.87. The van der Waals surface area contributed by atoms with Crippen molar-refractivity contribution in [1.82, 2.24) is 0 Å². The van der Waals surface area contributed by atoms with Crippen LogP contribution in [0.3, 0.4) is 0 Å². The van der Waals surface area contributed by atoms with Crippen LogP contribution >= 0.6 is 15.9 Å². The van der Waals surface area contributed by atoms with Gasteiger partial charge in [0.25, 0.3) is 0 Å². The van der Waals surface area contributed by atoms with E-state index in [0.717, 1.165) is 31.0 Å². The first kappa shape index (κ1) is 10.9. The molecular weight excluding hydrogens is 252 g/mol. The second-order valence-corrected chi connectivity index (χ2v) is 4.77. The molecule has 0 spiro atoms. The quantitative estimate of drug-likeness (QED) is 0.750. The van der Waals surface area contributed by atoms with E-state index in [1.807, 2.05) is 18.2 Å². The van der Waals surface area contributed by atoms with Gasteiger partial charge in [0.1, 0.15) is 5.78 Å². The summed E-state index contributed by atoms with van der Waals surface area (Å²) in [6.45, 7) is 0. The summed E-state index contributed by atoms with van der Waals surface area (Å²) in [7, 11) is 0. The standard InChI is InChI=1S/C13H15BrO/c14-10-13(9-5-4-8-12(13)15)11-6-2-1-3-7-11/h1-3,6-7H,4-5,8-10H2. The zero-order valence-corrected chi connectivity index (χ0v) is 10.3. The number of alkyl halides is 1. The summed E-state index contributed by atoms with van der Waals surface area (Å²) in [6, 6.07) is 10.2. The third-order valence-corrected chi connectivity index (χ3v) is 4.30. The first-order valence-corrected chi connectivity index (χ1v) is 6.56. The lowest BCUT2D eigenvalue weighted by Gasteiger charge is -2.34. The molecule has 1 saturated carbocycles. The summed E-state index contributed by atoms with van der Waals surface area (Å²) in [4.78, 5) is 12.1. The van der Waals surface area contributed by atoms with Gasteiger partial charge in [-0.15, -0.1) is 0 Å². The molecule has 80 valence electrons. The van der Waals surface area contributed by atoms with Crippen LogP contribution in [0.1, 0.15) is 31.2 Å². The Morgan fingerprint density at radius 3 is 2.53 bits per heavy atom. The maximum atomic E-state index is 12.1. The number of benzene rings is 1. The van der Waals surface area contributed by atoms with Crippen LogP contribution in [-0.2, 0) is 10.2 Å². The Bertz CT molecular complexity index is 347. The first-order chi connectivity index (χ1) is 7.29. The van der Waals surface area contributed by atoms with Gasteiger partial charge in [0, 0.05) is 11.8 Å². The first-order valence-electron chi connectivity index (χ1n) is 5.44. The molecule has 1 aromatic carbocycles. The highest BCUT2D eigenvalue weighted by atomic mass is 79.9. The second kappa shape index (κ2) is 4.48. The fraction of sp³-hybridized carbons (Fsp3) is 0.462. The molecule has 0 heterocycles. The van der Waals surface area contributed by atoms with Gasteiger partial charge in [0.05, 0.1) is 5.41 Å². The van der Waals surface area contributed by atoms with E-state index in [9.17, 15) is 4.79 Å². The van der Waals surface area contributed by atoms with Crippen molar-refractivity contribution in [3.8, 4) is 0 Å². The van der Waals surface area contributed by atoms with E-state index in [0.29, 0.717) is 5.78 Å². The van der Waals surface area contributed by atoms with Gasteiger partial charge in [0.2, 0.25) is 0 Å². The van der Waals surface area contributed by atoms with Crippen LogP contribution in [0, 0.1) is 0 Å². The predicted octanol–water partition coefficient (Wildman–Crippen LogP) is 3.46. The average Bonchev–Trinajstić information content (AvgIpc) is 2.31. The number of rotatable bonds is 2. The lowest BCUT2D eigenvalue weighted by molar-refractivity contribution is -0.125. The van der Waals surface area contributed by atoms with E-state index in [4.69, 9.17) is 0 Å². The molecule has 0 aliphatic heterocycles. The number of carbonyl (C=O) groups is 1. The van der Waals surface area contributed by atoms with Crippen molar-refractivity contribution in [2.24, 2.45) is 0 Å². The van der Waals surface area contributed by atoms with Gasteiger partial charge in [-0.25, -0.2) is 0 Å². The van der Waals surface area contributed by atoms with Crippen LogP contribution in [0.4, 0.5) is 0 Å². The van der Waals surface area contributed by atoms with E-state index in [1.54, 1.807) is 0 Å². The molecule has 0 bridgehead atoms. The fourth-order valence-corrected chi connectivity index (χ4v) is 3.29. The summed E-state index contributed by atoms with van der Waals surface area (Å²) >= 11 is 3.52. The van der Waals surface area contributed by atoms with E-state index in [1.165, 1.54) is 5.56 Å². The summed E-state index contributed by atoms with van der Waals surface area (Å²) in [5.41, 5.74) is 0.922. The van der Waals surface area contributed by atoms with Crippen LogP contribution < -0.4 is 0 Å². The topological polar surface area (TPSA) is 17.1 Å². The number of hydrogen-bond donors (Lipinski definition) is 0. The van der Waals surface area contributed by atoms with Gasteiger partial charge in [-0.3, -0.25) is 4.79 Å². The Morgan fingerprint density at radius 2 is 1.93 bits per heavy atom. The largest absolute Gasteiger partial charge is 0.299 e. The van der Waals surface area contributed by atoms with Crippen molar-refractivity contribution in [3.05, 3.63) is 35.9 Å².